The second kappa shape index (κ2) is 7.61. The van der Waals surface area contributed by atoms with E-state index in [9.17, 15) is 4.39 Å². The van der Waals surface area contributed by atoms with Gasteiger partial charge in [-0.25, -0.2) is 9.37 Å². The Labute approximate surface area is 179 Å². The minimum atomic E-state index is -1.17. The van der Waals surface area contributed by atoms with Crippen LogP contribution in [0.15, 0.2) is 53.2 Å². The van der Waals surface area contributed by atoms with Crippen molar-refractivity contribution in [3.8, 4) is 23.0 Å². The number of anilines is 1. The van der Waals surface area contributed by atoms with Crippen LogP contribution in [-0.4, -0.2) is 32.0 Å². The van der Waals surface area contributed by atoms with E-state index in [0.717, 1.165) is 34.6 Å². The zero-order valence-corrected chi connectivity index (χ0v) is 17.5. The summed E-state index contributed by atoms with van der Waals surface area (Å²) in [5, 5.41) is 11.7. The fraction of sp³-hybridized carbons (Fsp3) is 0.304. The first kappa shape index (κ1) is 19.4. The first-order chi connectivity index (χ1) is 15.0. The molecule has 0 amide bonds. The van der Waals surface area contributed by atoms with Crippen molar-refractivity contribution in [3.63, 3.8) is 0 Å². The topological polar surface area (TPSA) is 81.7 Å². The number of pyridine rings is 1. The largest absolute Gasteiger partial charge is 0.373 e. The quantitative estimate of drug-likeness (QED) is 0.487. The summed E-state index contributed by atoms with van der Waals surface area (Å²) >= 11 is 0. The van der Waals surface area contributed by atoms with Gasteiger partial charge in [0.25, 0.3) is 5.89 Å². The number of aryl methyl sites for hydroxylation is 1. The molecule has 5 rings (SSSR count). The molecule has 4 aromatic rings. The van der Waals surface area contributed by atoms with Crippen LogP contribution in [0.1, 0.15) is 36.1 Å². The molecule has 0 aliphatic heterocycles. The fourth-order valence-corrected chi connectivity index (χ4v) is 3.75. The third kappa shape index (κ3) is 3.69. The molecule has 1 aromatic carbocycles. The van der Waals surface area contributed by atoms with Crippen LogP contribution in [0.4, 0.5) is 10.2 Å². The molecule has 0 spiro atoms. The lowest BCUT2D eigenvalue weighted by atomic mass is 9.77. The number of benzene rings is 1. The Hall–Kier alpha value is -3.55. The Balaban J connectivity index is 1.34. The maximum atomic E-state index is 14.6. The number of halogens is 1. The van der Waals surface area contributed by atoms with Gasteiger partial charge in [0.15, 0.2) is 5.69 Å². The smallest absolute Gasteiger partial charge is 0.278 e. The third-order valence-corrected chi connectivity index (χ3v) is 5.85. The lowest BCUT2D eigenvalue weighted by Gasteiger charge is -2.34. The second-order valence-corrected chi connectivity index (χ2v) is 7.95. The molecule has 3 aromatic heterocycles. The molecule has 1 N–H and O–H groups in total. The average molecular weight is 418 g/mol. The number of aromatic nitrogens is 5. The van der Waals surface area contributed by atoms with Gasteiger partial charge >= 0.3 is 0 Å². The minimum absolute atomic E-state index is 0.352. The van der Waals surface area contributed by atoms with Gasteiger partial charge in [0.05, 0.1) is 6.54 Å². The van der Waals surface area contributed by atoms with Crippen molar-refractivity contribution in [2.45, 2.75) is 38.4 Å². The number of nitrogens with one attached hydrogen (secondary N) is 1. The first-order valence-electron chi connectivity index (χ1n) is 10.4. The van der Waals surface area contributed by atoms with Gasteiger partial charge in [0.1, 0.15) is 11.5 Å². The van der Waals surface area contributed by atoms with Crippen LogP contribution in [0.2, 0.25) is 0 Å². The highest BCUT2D eigenvalue weighted by molar-refractivity contribution is 5.58. The molecule has 0 atom stereocenters. The fourth-order valence-electron chi connectivity index (χ4n) is 3.75. The summed E-state index contributed by atoms with van der Waals surface area (Å²) in [7, 11) is 1.84. The summed E-state index contributed by atoms with van der Waals surface area (Å²) in [6, 6.07) is 13.2. The van der Waals surface area contributed by atoms with Crippen LogP contribution in [0.25, 0.3) is 23.0 Å². The number of alkyl halides is 1. The lowest BCUT2D eigenvalue weighted by Crippen LogP contribution is -2.28. The minimum Gasteiger partial charge on any atom is -0.373 e. The van der Waals surface area contributed by atoms with E-state index in [-0.39, 0.29) is 0 Å². The SMILES string of the molecule is CNc1ccc(Cn2nc(-c3nc(-c4ccc(C5(F)CCC5)cc4)no3)cc2C)cn1. The molecule has 1 aliphatic rings. The summed E-state index contributed by atoms with van der Waals surface area (Å²) in [6.45, 7) is 2.57. The molecule has 0 saturated heterocycles. The predicted octanol–water partition coefficient (Wildman–Crippen LogP) is 4.74. The molecule has 3 heterocycles. The molecule has 0 radical (unpaired) electrons. The maximum absolute atomic E-state index is 14.6. The normalized spacial score (nSPS) is 14.9. The predicted molar refractivity (Wildman–Crippen MR) is 115 cm³/mol. The molecular weight excluding hydrogens is 395 g/mol. The van der Waals surface area contributed by atoms with E-state index in [1.165, 1.54) is 0 Å². The molecule has 8 heteroatoms. The van der Waals surface area contributed by atoms with Crippen molar-refractivity contribution in [2.75, 3.05) is 12.4 Å². The van der Waals surface area contributed by atoms with Crippen LogP contribution in [0, 0.1) is 6.92 Å². The van der Waals surface area contributed by atoms with Gasteiger partial charge in [0, 0.05) is 24.5 Å². The summed E-state index contributed by atoms with van der Waals surface area (Å²) in [6.07, 6.45) is 3.95. The monoisotopic (exact) mass is 418 g/mol. The first-order valence-corrected chi connectivity index (χ1v) is 10.4. The Morgan fingerprint density at radius 1 is 1.16 bits per heavy atom. The highest BCUT2D eigenvalue weighted by atomic mass is 19.1. The summed E-state index contributed by atoms with van der Waals surface area (Å²) in [5.74, 6) is 1.63. The van der Waals surface area contributed by atoms with Crippen molar-refractivity contribution in [1.82, 2.24) is 24.9 Å². The average Bonchev–Trinajstić information content (AvgIpc) is 3.40. The number of rotatable bonds is 6. The number of nitrogens with zero attached hydrogens (tertiary/aromatic N) is 5. The van der Waals surface area contributed by atoms with Gasteiger partial charge < -0.3 is 9.84 Å². The van der Waals surface area contributed by atoms with Gasteiger partial charge in [-0.1, -0.05) is 35.5 Å². The van der Waals surface area contributed by atoms with Gasteiger partial charge in [-0.15, -0.1) is 0 Å². The Morgan fingerprint density at radius 2 is 1.97 bits per heavy atom. The van der Waals surface area contributed by atoms with E-state index in [1.807, 2.05) is 67.3 Å². The Kier molecular flexibility index (Phi) is 4.77. The van der Waals surface area contributed by atoms with Gasteiger partial charge in [-0.2, -0.15) is 10.1 Å². The molecule has 0 unspecified atom stereocenters. The van der Waals surface area contributed by atoms with E-state index < -0.39 is 5.67 Å². The molecule has 31 heavy (non-hydrogen) atoms. The van der Waals surface area contributed by atoms with Gasteiger partial charge in [-0.3, -0.25) is 4.68 Å². The molecule has 1 fully saturated rings. The van der Waals surface area contributed by atoms with Crippen LogP contribution in [0.3, 0.4) is 0 Å². The Morgan fingerprint density at radius 3 is 2.61 bits per heavy atom. The summed E-state index contributed by atoms with van der Waals surface area (Å²) < 4.78 is 21.9. The highest BCUT2D eigenvalue weighted by Crippen LogP contribution is 2.45. The molecular formula is C23H23FN6O. The van der Waals surface area contributed by atoms with Crippen LogP contribution in [0.5, 0.6) is 0 Å². The van der Waals surface area contributed by atoms with Gasteiger partial charge in [-0.05, 0) is 49.4 Å². The lowest BCUT2D eigenvalue weighted by molar-refractivity contribution is 0.0609. The number of hydrogen-bond donors (Lipinski definition) is 1. The molecule has 0 bridgehead atoms. The van der Waals surface area contributed by atoms with Crippen LogP contribution < -0.4 is 5.32 Å². The van der Waals surface area contributed by atoms with E-state index in [4.69, 9.17) is 4.52 Å². The zero-order chi connectivity index (χ0) is 21.4. The van der Waals surface area contributed by atoms with Crippen molar-refractivity contribution >= 4 is 5.82 Å². The molecule has 158 valence electrons. The molecule has 1 saturated carbocycles. The van der Waals surface area contributed by atoms with Crippen LogP contribution in [-0.2, 0) is 12.2 Å². The third-order valence-electron chi connectivity index (χ3n) is 5.85. The van der Waals surface area contributed by atoms with Crippen molar-refractivity contribution in [1.29, 1.82) is 0 Å². The highest BCUT2D eigenvalue weighted by Gasteiger charge is 2.38. The zero-order valence-electron chi connectivity index (χ0n) is 17.5. The van der Waals surface area contributed by atoms with Crippen molar-refractivity contribution in [2.24, 2.45) is 0 Å². The van der Waals surface area contributed by atoms with Crippen LogP contribution >= 0.6 is 0 Å². The van der Waals surface area contributed by atoms with E-state index in [0.29, 0.717) is 36.8 Å². The second-order valence-electron chi connectivity index (χ2n) is 7.95. The van der Waals surface area contributed by atoms with E-state index in [2.05, 4.69) is 25.5 Å². The summed E-state index contributed by atoms with van der Waals surface area (Å²) in [4.78, 5) is 8.83. The van der Waals surface area contributed by atoms with Crippen molar-refractivity contribution < 1.29 is 8.91 Å². The molecule has 1 aliphatic carbocycles. The van der Waals surface area contributed by atoms with Gasteiger partial charge in [0.2, 0.25) is 5.82 Å². The standard InChI is InChI=1S/C23H23FN6O/c1-15-12-19(28-30(15)14-16-4-9-20(25-2)26-13-16)22-27-21(29-31-22)17-5-7-18(8-6-17)23(24)10-3-11-23/h4-9,12-13H,3,10-11,14H2,1-2H3,(H,25,26). The number of hydrogen-bond acceptors (Lipinski definition) is 6. The van der Waals surface area contributed by atoms with E-state index in [1.54, 1.807) is 0 Å². The Bertz CT molecular complexity index is 1190. The maximum Gasteiger partial charge on any atom is 0.278 e. The van der Waals surface area contributed by atoms with E-state index >= 15 is 0 Å². The van der Waals surface area contributed by atoms with Crippen molar-refractivity contribution in [3.05, 3.63) is 65.5 Å². The summed E-state index contributed by atoms with van der Waals surface area (Å²) in [5.41, 5.74) is 2.97. The molecule has 7 nitrogen and oxygen atoms in total.